The molecule has 0 N–H and O–H groups in total. The normalized spacial score (nSPS) is 14.3. The van der Waals surface area contributed by atoms with Crippen LogP contribution in [0.3, 0.4) is 0 Å². The second-order valence-electron chi connectivity index (χ2n) is 12.6. The van der Waals surface area contributed by atoms with E-state index < -0.39 is 23.3 Å². The third-order valence-electron chi connectivity index (χ3n) is 8.87. The summed E-state index contributed by atoms with van der Waals surface area (Å²) in [6, 6.07) is 8.84. The fourth-order valence-corrected chi connectivity index (χ4v) is 6.35. The van der Waals surface area contributed by atoms with Gasteiger partial charge >= 0.3 is 0 Å². The number of aromatic nitrogens is 8. The minimum Gasteiger partial charge on any atom is -0.303 e. The van der Waals surface area contributed by atoms with Gasteiger partial charge in [-0.25, -0.2) is 37.5 Å². The smallest absolute Gasteiger partial charge is 0.187 e. The zero-order chi connectivity index (χ0) is 34.4. The van der Waals surface area contributed by atoms with Gasteiger partial charge in [-0.2, -0.15) is 0 Å². The fraction of sp³-hybridized carbons (Fsp3) is 0.243. The highest BCUT2D eigenvalue weighted by Crippen LogP contribution is 2.37. The van der Waals surface area contributed by atoms with Gasteiger partial charge in [-0.1, -0.05) is 11.8 Å². The lowest BCUT2D eigenvalue weighted by molar-refractivity contribution is 0.584. The molecule has 0 radical (unpaired) electrons. The van der Waals surface area contributed by atoms with Crippen molar-refractivity contribution in [3.05, 3.63) is 114 Å². The number of imidazole rings is 2. The molecule has 7 aromatic rings. The molecule has 0 spiro atoms. The maximum absolute atomic E-state index is 14.7. The second-order valence-corrected chi connectivity index (χ2v) is 13.4. The minimum atomic E-state index is -0.662. The van der Waals surface area contributed by atoms with Crippen LogP contribution >= 0.6 is 11.8 Å². The lowest BCUT2D eigenvalue weighted by Crippen LogP contribution is -1.99. The molecule has 0 aliphatic heterocycles. The van der Waals surface area contributed by atoms with E-state index in [0.717, 1.165) is 42.0 Å². The zero-order valence-corrected chi connectivity index (χ0v) is 27.7. The maximum atomic E-state index is 14.7. The molecule has 2 aliphatic carbocycles. The fourth-order valence-electron chi connectivity index (χ4n) is 5.99. The SMILES string of the molecule is CSc1nccc(-c2c(-c3ccc(F)cc3F)nc3c(CC4CC4)nccn23)n1.Fc1ccc(-c2cn3ccnc(CC4CC4)c3n2)c(F)c1. The van der Waals surface area contributed by atoms with E-state index >= 15 is 0 Å². The van der Waals surface area contributed by atoms with Crippen molar-refractivity contribution in [3.8, 4) is 33.9 Å². The Kier molecular flexibility index (Phi) is 8.51. The zero-order valence-electron chi connectivity index (χ0n) is 26.9. The van der Waals surface area contributed by atoms with Crippen LogP contribution in [-0.2, 0) is 12.8 Å². The van der Waals surface area contributed by atoms with Gasteiger partial charge in [0, 0.05) is 60.4 Å². The summed E-state index contributed by atoms with van der Waals surface area (Å²) >= 11 is 1.42. The van der Waals surface area contributed by atoms with Gasteiger partial charge in [-0.05, 0) is 86.9 Å². The molecule has 0 atom stereocenters. The van der Waals surface area contributed by atoms with Gasteiger partial charge in [0.2, 0.25) is 0 Å². The van der Waals surface area contributed by atoms with Crippen LogP contribution in [0.4, 0.5) is 17.6 Å². The quantitative estimate of drug-likeness (QED) is 0.0897. The molecule has 5 heterocycles. The van der Waals surface area contributed by atoms with Crippen LogP contribution in [0.5, 0.6) is 0 Å². The van der Waals surface area contributed by atoms with Gasteiger partial charge in [-0.3, -0.25) is 14.4 Å². The largest absolute Gasteiger partial charge is 0.303 e. The Morgan fingerprint density at radius 3 is 1.96 bits per heavy atom. The lowest BCUT2D eigenvalue weighted by atomic mass is 10.1. The summed E-state index contributed by atoms with van der Waals surface area (Å²) in [6.07, 6.45) is 19.0. The number of nitrogens with zero attached hydrogens (tertiary/aromatic N) is 8. The Bertz CT molecular complexity index is 2370. The molecule has 9 rings (SSSR count). The van der Waals surface area contributed by atoms with E-state index in [2.05, 4.69) is 24.9 Å². The summed E-state index contributed by atoms with van der Waals surface area (Å²) in [4.78, 5) is 27.0. The highest BCUT2D eigenvalue weighted by atomic mass is 32.2. The summed E-state index contributed by atoms with van der Waals surface area (Å²) in [6.45, 7) is 0. The van der Waals surface area contributed by atoms with Gasteiger partial charge < -0.3 is 4.40 Å². The molecule has 5 aromatic heterocycles. The van der Waals surface area contributed by atoms with Crippen LogP contribution in [0, 0.1) is 35.1 Å². The standard InChI is InChI=1S/C21H17F2N5S.C16H13F2N3/c1-29-21-25-7-6-16(26-21)19-18(14-5-4-13(22)11-15(14)23)27-20-17(10-12-2-3-12)24-8-9-28(19)20;17-11-3-4-12(13(18)8-11)15-9-21-6-5-19-14(16(21)20-15)7-10-1-2-10/h4-9,11-12H,2-3,10H2,1H3;3-6,8-10H,1-2,7H2. The highest BCUT2D eigenvalue weighted by Gasteiger charge is 2.27. The van der Waals surface area contributed by atoms with Crippen molar-refractivity contribution in [2.75, 3.05) is 6.26 Å². The molecule has 2 saturated carbocycles. The van der Waals surface area contributed by atoms with Crippen molar-refractivity contribution in [3.63, 3.8) is 0 Å². The number of hydrogen-bond acceptors (Lipinski definition) is 7. The van der Waals surface area contributed by atoms with Crippen LogP contribution in [0.1, 0.15) is 37.1 Å². The van der Waals surface area contributed by atoms with E-state index in [1.54, 1.807) is 43.2 Å². The van der Waals surface area contributed by atoms with E-state index in [1.165, 1.54) is 61.7 Å². The Labute approximate surface area is 288 Å². The molecule has 0 bridgehead atoms. The van der Waals surface area contributed by atoms with Crippen LogP contribution in [-0.4, -0.2) is 45.0 Å². The van der Waals surface area contributed by atoms with E-state index in [4.69, 9.17) is 4.98 Å². The van der Waals surface area contributed by atoms with Gasteiger partial charge in [0.05, 0.1) is 28.5 Å². The summed E-state index contributed by atoms with van der Waals surface area (Å²) < 4.78 is 58.8. The Balaban J connectivity index is 0.000000152. The second kappa shape index (κ2) is 13.3. The Morgan fingerprint density at radius 2 is 1.32 bits per heavy atom. The number of hydrogen-bond donors (Lipinski definition) is 0. The topological polar surface area (TPSA) is 86.2 Å². The number of thioether (sulfide) groups is 1. The average molecular weight is 695 g/mol. The summed E-state index contributed by atoms with van der Waals surface area (Å²) in [5.41, 5.74) is 5.96. The van der Waals surface area contributed by atoms with Crippen molar-refractivity contribution in [1.29, 1.82) is 0 Å². The van der Waals surface area contributed by atoms with E-state index in [-0.39, 0.29) is 5.56 Å². The first-order valence-electron chi connectivity index (χ1n) is 16.3. The summed E-state index contributed by atoms with van der Waals surface area (Å²) in [5, 5.41) is 0.607. The Morgan fingerprint density at radius 1 is 0.680 bits per heavy atom. The van der Waals surface area contributed by atoms with Crippen LogP contribution < -0.4 is 0 Å². The third-order valence-corrected chi connectivity index (χ3v) is 9.44. The molecule has 2 aromatic carbocycles. The first-order valence-corrected chi connectivity index (χ1v) is 17.5. The molecule has 252 valence electrons. The molecule has 13 heteroatoms. The minimum absolute atomic E-state index is 0.229. The van der Waals surface area contributed by atoms with Gasteiger partial charge in [0.25, 0.3) is 0 Å². The molecular weight excluding hydrogens is 665 g/mol. The first kappa shape index (κ1) is 32.1. The van der Waals surface area contributed by atoms with Crippen molar-refractivity contribution in [2.24, 2.45) is 11.8 Å². The number of rotatable bonds is 8. The summed E-state index contributed by atoms with van der Waals surface area (Å²) in [5.74, 6) is -1.15. The van der Waals surface area contributed by atoms with Crippen LogP contribution in [0.25, 0.3) is 45.2 Å². The predicted molar refractivity (Wildman–Crippen MR) is 182 cm³/mol. The molecule has 0 unspecified atom stereocenters. The number of fused-ring (bicyclic) bond motifs is 2. The third kappa shape index (κ3) is 6.57. The first-order chi connectivity index (χ1) is 24.3. The average Bonchev–Trinajstić information content (AvgIpc) is 4.03. The maximum Gasteiger partial charge on any atom is 0.187 e. The number of benzene rings is 2. The van der Waals surface area contributed by atoms with E-state index in [9.17, 15) is 17.6 Å². The monoisotopic (exact) mass is 694 g/mol. The predicted octanol–water partition coefficient (Wildman–Crippen LogP) is 8.43. The highest BCUT2D eigenvalue weighted by molar-refractivity contribution is 7.98. The van der Waals surface area contributed by atoms with E-state index in [1.807, 2.05) is 15.1 Å². The van der Waals surface area contributed by atoms with Crippen LogP contribution in [0.2, 0.25) is 0 Å². The van der Waals surface area contributed by atoms with E-state index in [0.29, 0.717) is 51.0 Å². The van der Waals surface area contributed by atoms with Crippen molar-refractivity contribution in [1.82, 2.24) is 38.7 Å². The molecule has 0 amide bonds. The Hall–Kier alpha value is -5.17. The molecular formula is C37H30F4N8S. The van der Waals surface area contributed by atoms with Gasteiger partial charge in [0.1, 0.15) is 29.0 Å². The molecule has 2 fully saturated rings. The van der Waals surface area contributed by atoms with Crippen LogP contribution in [0.15, 0.2) is 84.8 Å². The van der Waals surface area contributed by atoms with Crippen molar-refractivity contribution < 1.29 is 17.6 Å². The van der Waals surface area contributed by atoms with Gasteiger partial charge in [-0.15, -0.1) is 0 Å². The lowest BCUT2D eigenvalue weighted by Gasteiger charge is -2.07. The molecule has 50 heavy (non-hydrogen) atoms. The van der Waals surface area contributed by atoms with Crippen molar-refractivity contribution in [2.45, 2.75) is 43.7 Å². The molecule has 0 saturated heterocycles. The van der Waals surface area contributed by atoms with Crippen molar-refractivity contribution >= 4 is 23.1 Å². The molecule has 8 nitrogen and oxygen atoms in total. The molecule has 2 aliphatic rings. The summed E-state index contributed by atoms with van der Waals surface area (Å²) in [7, 11) is 0. The van der Waals surface area contributed by atoms with Gasteiger partial charge in [0.15, 0.2) is 16.5 Å². The number of halogens is 4.